The van der Waals surface area contributed by atoms with Crippen LogP contribution in [0.2, 0.25) is 0 Å². The molecule has 1 rings (SSSR count). The maximum absolute atomic E-state index is 11.9. The highest BCUT2D eigenvalue weighted by Crippen LogP contribution is 2.35. The number of aliphatic carboxylic acids is 1. The Kier molecular flexibility index (Phi) is 4.31. The van der Waals surface area contributed by atoms with Crippen molar-refractivity contribution in [1.82, 2.24) is 0 Å². The minimum atomic E-state index is -1.03. The first-order valence-electron chi connectivity index (χ1n) is 4.45. The van der Waals surface area contributed by atoms with Gasteiger partial charge in [0.2, 0.25) is 0 Å². The number of carboxylic acids is 1. The van der Waals surface area contributed by atoms with E-state index in [2.05, 4.69) is 31.9 Å². The number of thiophene rings is 1. The molecular formula is C10H10Br2O3S. The average Bonchev–Trinajstić information content (AvgIpc) is 2.46. The van der Waals surface area contributed by atoms with Gasteiger partial charge in [-0.25, -0.2) is 0 Å². The van der Waals surface area contributed by atoms with Gasteiger partial charge in [-0.2, -0.15) is 0 Å². The second-order valence-corrected chi connectivity index (χ2v) is 6.54. The van der Waals surface area contributed by atoms with Gasteiger partial charge in [0.15, 0.2) is 5.78 Å². The van der Waals surface area contributed by atoms with Crippen molar-refractivity contribution in [2.75, 3.05) is 0 Å². The molecular weight excluding hydrogens is 360 g/mol. The second kappa shape index (κ2) is 4.98. The molecule has 1 aromatic heterocycles. The van der Waals surface area contributed by atoms with Crippen LogP contribution < -0.4 is 0 Å². The van der Waals surface area contributed by atoms with Crippen molar-refractivity contribution >= 4 is 54.9 Å². The van der Waals surface area contributed by atoms with E-state index in [1.54, 1.807) is 19.2 Å². The summed E-state index contributed by atoms with van der Waals surface area (Å²) < 4.78 is 1.51. The summed E-state index contributed by atoms with van der Waals surface area (Å²) >= 11 is 7.88. The van der Waals surface area contributed by atoms with Crippen molar-refractivity contribution in [3.63, 3.8) is 0 Å². The van der Waals surface area contributed by atoms with Crippen LogP contribution in [0.3, 0.4) is 0 Å². The Morgan fingerprint density at radius 2 is 2.00 bits per heavy atom. The van der Waals surface area contributed by atoms with Crippen molar-refractivity contribution in [3.05, 3.63) is 19.2 Å². The molecule has 0 aliphatic rings. The van der Waals surface area contributed by atoms with Gasteiger partial charge in [0.05, 0.1) is 14.8 Å². The van der Waals surface area contributed by atoms with Gasteiger partial charge in [0, 0.05) is 16.3 Å². The molecule has 0 saturated heterocycles. The number of carbonyl (C=O) groups is 2. The molecule has 0 aliphatic heterocycles. The molecule has 88 valence electrons. The lowest BCUT2D eigenvalue weighted by molar-refractivity contribution is -0.146. The molecule has 0 atom stereocenters. The van der Waals surface area contributed by atoms with Gasteiger partial charge in [-0.3, -0.25) is 9.59 Å². The summed E-state index contributed by atoms with van der Waals surface area (Å²) in [5.74, 6) is -1.12. The van der Waals surface area contributed by atoms with Crippen molar-refractivity contribution < 1.29 is 14.7 Å². The van der Waals surface area contributed by atoms with Gasteiger partial charge >= 0.3 is 5.97 Å². The van der Waals surface area contributed by atoms with Crippen molar-refractivity contribution in [2.45, 2.75) is 20.3 Å². The first-order chi connectivity index (χ1) is 7.25. The molecule has 16 heavy (non-hydrogen) atoms. The highest BCUT2D eigenvalue weighted by molar-refractivity contribution is 9.13. The molecule has 1 heterocycles. The van der Waals surface area contributed by atoms with E-state index in [1.807, 2.05) is 0 Å². The summed E-state index contributed by atoms with van der Waals surface area (Å²) in [5.41, 5.74) is -1.03. The molecule has 0 spiro atoms. The van der Waals surface area contributed by atoms with Gasteiger partial charge in [-0.15, -0.1) is 11.3 Å². The van der Waals surface area contributed by atoms with Gasteiger partial charge < -0.3 is 5.11 Å². The lowest BCUT2D eigenvalue weighted by atomic mass is 9.87. The fraction of sp³-hybridized carbons (Fsp3) is 0.400. The van der Waals surface area contributed by atoms with Gasteiger partial charge in [-0.05, 0) is 45.7 Å². The fourth-order valence-electron chi connectivity index (χ4n) is 1.07. The SMILES string of the molecule is CC(C)(CC(=O)c1scc(Br)c1Br)C(=O)O. The van der Waals surface area contributed by atoms with Crippen LogP contribution in [0.25, 0.3) is 0 Å². The first-order valence-corrected chi connectivity index (χ1v) is 6.91. The molecule has 0 saturated carbocycles. The minimum absolute atomic E-state index is 0.00606. The van der Waals surface area contributed by atoms with Crippen molar-refractivity contribution in [1.29, 1.82) is 0 Å². The Morgan fingerprint density at radius 1 is 1.44 bits per heavy atom. The van der Waals surface area contributed by atoms with Crippen LogP contribution >= 0.6 is 43.2 Å². The molecule has 0 fully saturated rings. The van der Waals surface area contributed by atoms with Crippen LogP contribution in [0.1, 0.15) is 29.9 Å². The standard InChI is InChI=1S/C10H10Br2O3S/c1-10(2,9(14)15)3-6(13)8-7(12)5(11)4-16-8/h4H,3H2,1-2H3,(H,14,15). The Morgan fingerprint density at radius 3 is 2.38 bits per heavy atom. The lowest BCUT2D eigenvalue weighted by Gasteiger charge is -2.17. The fourth-order valence-corrected chi connectivity index (χ4v) is 3.20. The smallest absolute Gasteiger partial charge is 0.309 e. The van der Waals surface area contributed by atoms with Crippen LogP contribution in [0, 0.1) is 5.41 Å². The Hall–Kier alpha value is -0.200. The molecule has 6 heteroatoms. The van der Waals surface area contributed by atoms with Crippen molar-refractivity contribution in [3.8, 4) is 0 Å². The van der Waals surface area contributed by atoms with Gasteiger partial charge in [0.1, 0.15) is 0 Å². The third-order valence-corrected chi connectivity index (χ3v) is 5.69. The van der Waals surface area contributed by atoms with E-state index in [-0.39, 0.29) is 12.2 Å². The number of rotatable bonds is 4. The highest BCUT2D eigenvalue weighted by Gasteiger charge is 2.31. The van der Waals surface area contributed by atoms with Gasteiger partial charge in [0.25, 0.3) is 0 Å². The van der Waals surface area contributed by atoms with E-state index in [1.165, 1.54) is 11.3 Å². The van der Waals surface area contributed by atoms with E-state index in [0.29, 0.717) is 9.35 Å². The Labute approximate surface area is 114 Å². The third-order valence-electron chi connectivity index (χ3n) is 2.12. The average molecular weight is 370 g/mol. The third kappa shape index (κ3) is 2.93. The topological polar surface area (TPSA) is 54.4 Å². The second-order valence-electron chi connectivity index (χ2n) is 4.02. The molecule has 3 nitrogen and oxygen atoms in total. The Bertz CT molecular complexity index is 437. The van der Waals surface area contributed by atoms with E-state index in [0.717, 1.165) is 4.47 Å². The number of carbonyl (C=O) groups excluding carboxylic acids is 1. The Balaban J connectivity index is 2.89. The quantitative estimate of drug-likeness (QED) is 0.817. The van der Waals surface area contributed by atoms with E-state index in [9.17, 15) is 9.59 Å². The monoisotopic (exact) mass is 368 g/mol. The predicted molar refractivity (Wildman–Crippen MR) is 70.1 cm³/mol. The van der Waals surface area contributed by atoms with Crippen LogP contribution in [0.5, 0.6) is 0 Å². The normalized spacial score (nSPS) is 11.5. The van der Waals surface area contributed by atoms with Gasteiger partial charge in [-0.1, -0.05) is 0 Å². The largest absolute Gasteiger partial charge is 0.481 e. The highest BCUT2D eigenvalue weighted by atomic mass is 79.9. The molecule has 0 bridgehead atoms. The van der Waals surface area contributed by atoms with Crippen molar-refractivity contribution in [2.24, 2.45) is 5.41 Å². The zero-order chi connectivity index (χ0) is 12.5. The van der Waals surface area contributed by atoms with Crippen LogP contribution in [0.4, 0.5) is 0 Å². The van der Waals surface area contributed by atoms with Crippen LogP contribution in [0.15, 0.2) is 14.3 Å². The molecule has 1 N–H and O–H groups in total. The maximum Gasteiger partial charge on any atom is 0.309 e. The van der Waals surface area contributed by atoms with Crippen LogP contribution in [-0.2, 0) is 4.79 Å². The maximum atomic E-state index is 11.9. The summed E-state index contributed by atoms with van der Waals surface area (Å²) in [5, 5.41) is 10.7. The van der Waals surface area contributed by atoms with Crippen LogP contribution in [-0.4, -0.2) is 16.9 Å². The van der Waals surface area contributed by atoms with E-state index < -0.39 is 11.4 Å². The molecule has 0 aromatic carbocycles. The number of Topliss-reactive ketones (excluding diaryl/α,β-unsaturated/α-hetero) is 1. The lowest BCUT2D eigenvalue weighted by Crippen LogP contribution is -2.26. The molecule has 0 unspecified atom stereocenters. The number of ketones is 1. The molecule has 0 amide bonds. The van der Waals surface area contributed by atoms with E-state index >= 15 is 0 Å². The minimum Gasteiger partial charge on any atom is -0.481 e. The summed E-state index contributed by atoms with van der Waals surface area (Å²) in [6.07, 6.45) is -0.00606. The summed E-state index contributed by atoms with van der Waals surface area (Å²) in [6, 6.07) is 0. The number of carboxylic acid groups (broad SMARTS) is 1. The summed E-state index contributed by atoms with van der Waals surface area (Å²) in [7, 11) is 0. The van der Waals surface area contributed by atoms with E-state index in [4.69, 9.17) is 5.11 Å². The predicted octanol–water partition coefficient (Wildman–Crippen LogP) is 3.96. The zero-order valence-electron chi connectivity index (χ0n) is 8.71. The molecule has 1 aromatic rings. The number of hydrogen-bond donors (Lipinski definition) is 1. The zero-order valence-corrected chi connectivity index (χ0v) is 12.7. The molecule has 0 radical (unpaired) electrons. The number of hydrogen-bond acceptors (Lipinski definition) is 3. The first kappa shape index (κ1) is 13.9. The number of halogens is 2. The molecule has 0 aliphatic carbocycles. The summed E-state index contributed by atoms with van der Waals surface area (Å²) in [6.45, 7) is 3.09. The summed E-state index contributed by atoms with van der Waals surface area (Å²) in [4.78, 5) is 23.4.